The van der Waals surface area contributed by atoms with E-state index in [4.69, 9.17) is 0 Å². The molecule has 124 valence electrons. The van der Waals surface area contributed by atoms with E-state index in [1.807, 2.05) is 18.2 Å². The Morgan fingerprint density at radius 3 is 2.32 bits per heavy atom. The van der Waals surface area contributed by atoms with Crippen LogP contribution in [0.25, 0.3) is 0 Å². The smallest absolute Gasteiger partial charge is 0.278 e. The number of hydrogen-bond acceptors (Lipinski definition) is 3. The normalized spacial score (nSPS) is 11.6. The number of carbonyl (C=O) groups excluding carboxylic acids is 1. The number of hydrogen-bond donors (Lipinski definition) is 1. The molecule has 0 saturated carbocycles. The van der Waals surface area contributed by atoms with Crippen molar-refractivity contribution in [2.45, 2.75) is 19.8 Å². The van der Waals surface area contributed by atoms with Crippen molar-refractivity contribution in [3.8, 4) is 0 Å². The molecule has 1 aromatic rings. The second-order valence-electron chi connectivity index (χ2n) is 5.28. The fraction of sp³-hybridized carbons (Fsp3) is 0.533. The zero-order chi connectivity index (χ0) is 16.6. The molecule has 1 amide bonds. The minimum atomic E-state index is -3.44. The van der Waals surface area contributed by atoms with E-state index in [0.717, 1.165) is 17.1 Å². The lowest BCUT2D eigenvalue weighted by atomic mass is 10.1. The van der Waals surface area contributed by atoms with Crippen molar-refractivity contribution >= 4 is 16.1 Å². The first-order chi connectivity index (χ1) is 10.3. The Kier molecular flexibility index (Phi) is 7.50. The van der Waals surface area contributed by atoms with Crippen molar-refractivity contribution in [3.05, 3.63) is 35.9 Å². The number of amides is 1. The van der Waals surface area contributed by atoms with Crippen LogP contribution in [0.4, 0.5) is 0 Å². The van der Waals surface area contributed by atoms with E-state index in [-0.39, 0.29) is 12.5 Å². The molecule has 0 fully saturated rings. The molecular weight excluding hydrogens is 302 g/mol. The van der Waals surface area contributed by atoms with Crippen LogP contribution >= 0.6 is 0 Å². The van der Waals surface area contributed by atoms with E-state index >= 15 is 0 Å². The Bertz CT molecular complexity index is 559. The van der Waals surface area contributed by atoms with Gasteiger partial charge in [0.25, 0.3) is 10.2 Å². The summed E-state index contributed by atoms with van der Waals surface area (Å²) in [4.78, 5) is 13.3. The van der Waals surface area contributed by atoms with Crippen molar-refractivity contribution in [2.24, 2.45) is 0 Å². The van der Waals surface area contributed by atoms with Crippen LogP contribution in [-0.2, 0) is 21.4 Å². The zero-order valence-electron chi connectivity index (χ0n) is 13.4. The molecule has 0 aliphatic carbocycles. The van der Waals surface area contributed by atoms with E-state index in [2.05, 4.69) is 16.9 Å². The molecule has 0 unspecified atom stereocenters. The Morgan fingerprint density at radius 1 is 1.14 bits per heavy atom. The summed E-state index contributed by atoms with van der Waals surface area (Å²) in [6.07, 6.45) is 1.75. The summed E-state index contributed by atoms with van der Waals surface area (Å²) in [5, 5.41) is 0. The molecule has 0 radical (unpaired) electrons. The van der Waals surface area contributed by atoms with Gasteiger partial charge in [0.05, 0.1) is 0 Å². The summed E-state index contributed by atoms with van der Waals surface area (Å²) < 4.78 is 26.8. The first-order valence-corrected chi connectivity index (χ1v) is 8.73. The lowest BCUT2D eigenvalue weighted by molar-refractivity contribution is -0.128. The van der Waals surface area contributed by atoms with Gasteiger partial charge >= 0.3 is 0 Å². The second-order valence-corrected chi connectivity index (χ2v) is 7.25. The largest absolute Gasteiger partial charge is 0.342 e. The van der Waals surface area contributed by atoms with Gasteiger partial charge in [-0.15, -0.1) is 0 Å². The highest BCUT2D eigenvalue weighted by Crippen LogP contribution is 2.04. The Hall–Kier alpha value is -1.44. The highest BCUT2D eigenvalue weighted by Gasteiger charge is 2.14. The van der Waals surface area contributed by atoms with E-state index in [0.29, 0.717) is 13.1 Å². The van der Waals surface area contributed by atoms with Crippen molar-refractivity contribution in [2.75, 3.05) is 33.7 Å². The summed E-state index contributed by atoms with van der Waals surface area (Å²) in [5.74, 6) is -0.0443. The second kappa shape index (κ2) is 8.87. The van der Waals surface area contributed by atoms with Gasteiger partial charge in [0.2, 0.25) is 5.91 Å². The molecule has 0 aliphatic rings. The van der Waals surface area contributed by atoms with E-state index in [1.54, 1.807) is 4.90 Å². The first-order valence-electron chi connectivity index (χ1n) is 7.29. The monoisotopic (exact) mass is 327 g/mol. The quantitative estimate of drug-likeness (QED) is 0.731. The lowest BCUT2D eigenvalue weighted by Crippen LogP contribution is -2.41. The van der Waals surface area contributed by atoms with Crippen LogP contribution in [0, 0.1) is 0 Å². The van der Waals surface area contributed by atoms with Crippen LogP contribution in [0.5, 0.6) is 0 Å². The predicted octanol–water partition coefficient (Wildman–Crippen LogP) is 0.864. The first kappa shape index (κ1) is 18.6. The summed E-state index contributed by atoms with van der Waals surface area (Å²) in [6.45, 7) is 2.71. The maximum atomic E-state index is 11.6. The molecule has 22 heavy (non-hydrogen) atoms. The molecular formula is C15H25N3O3S. The highest BCUT2D eigenvalue weighted by molar-refractivity contribution is 7.87. The van der Waals surface area contributed by atoms with Crippen LogP contribution in [-0.4, -0.2) is 57.3 Å². The minimum Gasteiger partial charge on any atom is -0.342 e. The number of nitrogens with zero attached hydrogens (tertiary/aromatic N) is 2. The third kappa shape index (κ3) is 6.55. The lowest BCUT2D eigenvalue weighted by Gasteiger charge is -2.22. The van der Waals surface area contributed by atoms with Crippen molar-refractivity contribution in [3.63, 3.8) is 0 Å². The summed E-state index contributed by atoms with van der Waals surface area (Å²) in [5.41, 5.74) is 1.24. The summed E-state index contributed by atoms with van der Waals surface area (Å²) in [6, 6.07) is 10.1. The molecule has 1 rings (SSSR count). The fourth-order valence-electron chi connectivity index (χ4n) is 1.98. The predicted molar refractivity (Wildman–Crippen MR) is 87.6 cm³/mol. The van der Waals surface area contributed by atoms with E-state index in [1.165, 1.54) is 26.6 Å². The molecule has 1 aromatic carbocycles. The zero-order valence-corrected chi connectivity index (χ0v) is 14.3. The molecule has 0 bridgehead atoms. The van der Waals surface area contributed by atoms with E-state index < -0.39 is 10.2 Å². The molecule has 0 atom stereocenters. The molecule has 7 heteroatoms. The van der Waals surface area contributed by atoms with Crippen LogP contribution in [0.3, 0.4) is 0 Å². The van der Waals surface area contributed by atoms with Gasteiger partial charge in [-0.3, -0.25) is 4.79 Å². The third-order valence-electron chi connectivity index (χ3n) is 3.33. The number of carbonyl (C=O) groups is 1. The number of rotatable bonds is 9. The average molecular weight is 327 g/mol. The Balaban J connectivity index is 2.38. The van der Waals surface area contributed by atoms with E-state index in [9.17, 15) is 13.2 Å². The highest BCUT2D eigenvalue weighted by atomic mass is 32.2. The molecule has 0 aromatic heterocycles. The number of benzene rings is 1. The summed E-state index contributed by atoms with van der Waals surface area (Å²) in [7, 11) is -0.511. The Morgan fingerprint density at radius 2 is 1.77 bits per heavy atom. The SMILES string of the molecule is CC(=O)N(CCCc1ccccc1)CCNS(=O)(=O)N(C)C. The van der Waals surface area contributed by atoms with Gasteiger partial charge in [-0.05, 0) is 18.4 Å². The van der Waals surface area contributed by atoms with Gasteiger partial charge in [-0.2, -0.15) is 12.7 Å². The van der Waals surface area contributed by atoms with Gasteiger partial charge in [-0.25, -0.2) is 4.72 Å². The molecule has 0 aliphatic heterocycles. The van der Waals surface area contributed by atoms with Crippen molar-refractivity contribution in [1.29, 1.82) is 0 Å². The van der Waals surface area contributed by atoms with Crippen LogP contribution in [0.1, 0.15) is 18.9 Å². The molecule has 0 spiro atoms. The van der Waals surface area contributed by atoms with Gasteiger partial charge in [0, 0.05) is 40.7 Å². The fourth-order valence-corrected chi connectivity index (χ4v) is 2.59. The molecule has 0 heterocycles. The molecule has 0 saturated heterocycles. The Labute approximate surface area is 133 Å². The third-order valence-corrected chi connectivity index (χ3v) is 4.86. The topological polar surface area (TPSA) is 69.7 Å². The van der Waals surface area contributed by atoms with Gasteiger partial charge in [0.1, 0.15) is 0 Å². The van der Waals surface area contributed by atoms with Crippen LogP contribution in [0.2, 0.25) is 0 Å². The van der Waals surface area contributed by atoms with Crippen LogP contribution in [0.15, 0.2) is 30.3 Å². The minimum absolute atomic E-state index is 0.0443. The van der Waals surface area contributed by atoms with Crippen LogP contribution < -0.4 is 4.72 Å². The van der Waals surface area contributed by atoms with Crippen molar-refractivity contribution in [1.82, 2.24) is 13.9 Å². The number of nitrogens with one attached hydrogen (secondary N) is 1. The van der Waals surface area contributed by atoms with Crippen molar-refractivity contribution < 1.29 is 13.2 Å². The number of aryl methyl sites for hydroxylation is 1. The van der Waals surface area contributed by atoms with Gasteiger partial charge in [-0.1, -0.05) is 30.3 Å². The molecule has 6 nitrogen and oxygen atoms in total. The molecule has 1 N–H and O–H groups in total. The average Bonchev–Trinajstić information content (AvgIpc) is 2.46. The van der Waals surface area contributed by atoms with Gasteiger partial charge in [0.15, 0.2) is 0 Å². The standard InChI is InChI=1S/C15H25N3O3S/c1-14(19)18(13-11-16-22(20,21)17(2)3)12-7-10-15-8-5-4-6-9-15/h4-6,8-9,16H,7,10-13H2,1-3H3. The maximum Gasteiger partial charge on any atom is 0.278 e. The van der Waals surface area contributed by atoms with Gasteiger partial charge < -0.3 is 4.90 Å². The summed E-state index contributed by atoms with van der Waals surface area (Å²) >= 11 is 0. The maximum absolute atomic E-state index is 11.6.